The minimum absolute atomic E-state index is 0.0996. The molecule has 0 atom stereocenters. The highest BCUT2D eigenvalue weighted by Gasteiger charge is 2.08. The number of anilines is 1. The lowest BCUT2D eigenvalue weighted by atomic mass is 10.3. The van der Waals surface area contributed by atoms with Gasteiger partial charge in [-0.2, -0.15) is 5.10 Å². The van der Waals surface area contributed by atoms with Crippen molar-refractivity contribution >= 4 is 35.0 Å². The van der Waals surface area contributed by atoms with E-state index in [-0.39, 0.29) is 22.4 Å². The first-order valence-corrected chi connectivity index (χ1v) is 6.24. The average Bonchev–Trinajstić information content (AvgIpc) is 2.83. The number of rotatable bonds is 4. The van der Waals surface area contributed by atoms with E-state index in [9.17, 15) is 9.18 Å². The Labute approximate surface area is 111 Å². The Morgan fingerprint density at radius 1 is 1.56 bits per heavy atom. The summed E-state index contributed by atoms with van der Waals surface area (Å²) in [5.74, 6) is -0.796. The van der Waals surface area contributed by atoms with E-state index >= 15 is 0 Å². The molecule has 5 nitrogen and oxygen atoms in total. The van der Waals surface area contributed by atoms with Crippen molar-refractivity contribution in [1.29, 1.82) is 0 Å². The van der Waals surface area contributed by atoms with Crippen LogP contribution < -0.4 is 5.32 Å². The van der Waals surface area contributed by atoms with Gasteiger partial charge in [0.25, 0.3) is 0 Å². The molecule has 1 aromatic heterocycles. The highest BCUT2D eigenvalue weighted by atomic mass is 35.5. The van der Waals surface area contributed by atoms with Gasteiger partial charge in [-0.05, 0) is 18.2 Å². The molecular weight excluding hydrogens is 279 g/mol. The Kier molecular flexibility index (Phi) is 4.16. The van der Waals surface area contributed by atoms with Gasteiger partial charge in [0.15, 0.2) is 5.16 Å². The maximum absolute atomic E-state index is 13.4. The van der Waals surface area contributed by atoms with Gasteiger partial charge >= 0.3 is 0 Å². The highest BCUT2D eigenvalue weighted by molar-refractivity contribution is 7.99. The van der Waals surface area contributed by atoms with Gasteiger partial charge in [-0.1, -0.05) is 23.4 Å². The molecule has 0 aliphatic carbocycles. The summed E-state index contributed by atoms with van der Waals surface area (Å²) in [7, 11) is 0. The number of aromatic amines is 1. The second kappa shape index (κ2) is 5.83. The number of hydrogen-bond acceptors (Lipinski definition) is 4. The molecule has 0 aliphatic heterocycles. The van der Waals surface area contributed by atoms with Gasteiger partial charge in [-0.25, -0.2) is 9.37 Å². The van der Waals surface area contributed by atoms with Crippen molar-refractivity contribution in [2.45, 2.75) is 5.16 Å². The number of aromatic nitrogens is 3. The Morgan fingerprint density at radius 2 is 2.39 bits per heavy atom. The lowest BCUT2D eigenvalue weighted by Gasteiger charge is -2.05. The molecule has 0 saturated carbocycles. The lowest BCUT2D eigenvalue weighted by molar-refractivity contribution is -0.113. The SMILES string of the molecule is O=C(CSc1ncn[nH]1)Nc1ccc(Cl)cc1F. The number of nitrogens with one attached hydrogen (secondary N) is 2. The van der Waals surface area contributed by atoms with Crippen LogP contribution in [-0.4, -0.2) is 26.8 Å². The van der Waals surface area contributed by atoms with Crippen LogP contribution in [0.25, 0.3) is 0 Å². The first-order chi connectivity index (χ1) is 8.65. The lowest BCUT2D eigenvalue weighted by Crippen LogP contribution is -2.15. The van der Waals surface area contributed by atoms with Gasteiger partial charge < -0.3 is 5.32 Å². The van der Waals surface area contributed by atoms with Crippen molar-refractivity contribution in [3.05, 3.63) is 35.4 Å². The Bertz CT molecular complexity index is 549. The molecule has 8 heteroatoms. The van der Waals surface area contributed by atoms with Gasteiger partial charge in [-0.15, -0.1) is 0 Å². The van der Waals surface area contributed by atoms with Gasteiger partial charge in [0, 0.05) is 5.02 Å². The summed E-state index contributed by atoms with van der Waals surface area (Å²) in [6.07, 6.45) is 1.35. The van der Waals surface area contributed by atoms with Crippen LogP contribution in [0.2, 0.25) is 5.02 Å². The molecule has 0 spiro atoms. The van der Waals surface area contributed by atoms with Crippen LogP contribution in [0.5, 0.6) is 0 Å². The molecule has 18 heavy (non-hydrogen) atoms. The maximum Gasteiger partial charge on any atom is 0.234 e. The van der Waals surface area contributed by atoms with Crippen LogP contribution >= 0.6 is 23.4 Å². The molecule has 0 fully saturated rings. The fraction of sp³-hybridized carbons (Fsp3) is 0.100. The van der Waals surface area contributed by atoms with Crippen LogP contribution in [-0.2, 0) is 4.79 Å². The average molecular weight is 287 g/mol. The third kappa shape index (κ3) is 3.44. The van der Waals surface area contributed by atoms with E-state index in [0.29, 0.717) is 5.16 Å². The van der Waals surface area contributed by atoms with Crippen molar-refractivity contribution in [3.63, 3.8) is 0 Å². The summed E-state index contributed by atoms with van der Waals surface area (Å²) in [4.78, 5) is 15.4. The Balaban J connectivity index is 1.91. The van der Waals surface area contributed by atoms with E-state index < -0.39 is 5.82 Å². The molecular formula is C10H8ClFN4OS. The zero-order chi connectivity index (χ0) is 13.0. The fourth-order valence-electron chi connectivity index (χ4n) is 1.17. The highest BCUT2D eigenvalue weighted by Crippen LogP contribution is 2.19. The molecule has 1 heterocycles. The Hall–Kier alpha value is -1.60. The molecule has 0 aliphatic rings. The number of carbonyl (C=O) groups excluding carboxylic acids is 1. The van der Waals surface area contributed by atoms with Crippen LogP contribution in [0.1, 0.15) is 0 Å². The van der Waals surface area contributed by atoms with Crippen molar-refractivity contribution in [2.75, 3.05) is 11.1 Å². The van der Waals surface area contributed by atoms with E-state index in [1.165, 1.54) is 30.2 Å². The van der Waals surface area contributed by atoms with E-state index in [2.05, 4.69) is 20.5 Å². The topological polar surface area (TPSA) is 70.7 Å². The molecule has 0 saturated heterocycles. The molecule has 2 aromatic rings. The number of H-pyrrole nitrogens is 1. The third-order valence-electron chi connectivity index (χ3n) is 1.94. The van der Waals surface area contributed by atoms with Gasteiger partial charge in [0.1, 0.15) is 12.1 Å². The predicted molar refractivity (Wildman–Crippen MR) is 67.1 cm³/mol. The number of halogens is 2. The summed E-state index contributed by atoms with van der Waals surface area (Å²) >= 11 is 6.78. The molecule has 0 radical (unpaired) electrons. The summed E-state index contributed by atoms with van der Waals surface area (Å²) in [5, 5.41) is 9.50. The van der Waals surface area contributed by atoms with Gasteiger partial charge in [-0.3, -0.25) is 9.89 Å². The quantitative estimate of drug-likeness (QED) is 0.846. The fourth-order valence-corrected chi connectivity index (χ4v) is 1.91. The summed E-state index contributed by atoms with van der Waals surface area (Å²) in [6.45, 7) is 0. The van der Waals surface area contributed by atoms with E-state index in [0.717, 1.165) is 6.07 Å². The monoisotopic (exact) mass is 286 g/mol. The minimum atomic E-state index is -0.569. The molecule has 1 aromatic carbocycles. The number of thioether (sulfide) groups is 1. The molecule has 2 N–H and O–H groups in total. The van der Waals surface area contributed by atoms with Gasteiger partial charge in [0.05, 0.1) is 11.4 Å². The first kappa shape index (κ1) is 12.8. The number of amides is 1. The predicted octanol–water partition coefficient (Wildman–Crippen LogP) is 2.33. The smallest absolute Gasteiger partial charge is 0.234 e. The molecule has 1 amide bonds. The first-order valence-electron chi connectivity index (χ1n) is 4.88. The third-order valence-corrected chi connectivity index (χ3v) is 3.05. The van der Waals surface area contributed by atoms with E-state index in [1.807, 2.05) is 0 Å². The second-order valence-electron chi connectivity index (χ2n) is 3.25. The zero-order valence-corrected chi connectivity index (χ0v) is 10.6. The standard InChI is InChI=1S/C10H8ClFN4OS/c11-6-1-2-8(7(12)3-6)15-9(17)4-18-10-13-5-14-16-10/h1-3,5H,4H2,(H,15,17)(H,13,14,16). The molecule has 0 unspecified atom stereocenters. The van der Waals surface area contributed by atoms with Crippen LogP contribution in [0, 0.1) is 5.82 Å². The summed E-state index contributed by atoms with van der Waals surface area (Å²) < 4.78 is 13.4. The number of hydrogen-bond donors (Lipinski definition) is 2. The van der Waals surface area contributed by atoms with Crippen molar-refractivity contribution < 1.29 is 9.18 Å². The van der Waals surface area contributed by atoms with Gasteiger partial charge in [0.2, 0.25) is 5.91 Å². The number of carbonyl (C=O) groups is 1. The summed E-state index contributed by atoms with van der Waals surface area (Å²) in [6, 6.07) is 4.05. The zero-order valence-electron chi connectivity index (χ0n) is 8.98. The Morgan fingerprint density at radius 3 is 3.06 bits per heavy atom. The van der Waals surface area contributed by atoms with Crippen molar-refractivity contribution in [1.82, 2.24) is 15.2 Å². The summed E-state index contributed by atoms with van der Waals surface area (Å²) in [5.41, 5.74) is 0.0996. The molecule has 0 bridgehead atoms. The number of nitrogens with zero attached hydrogens (tertiary/aromatic N) is 2. The van der Waals surface area contributed by atoms with Crippen LogP contribution in [0.15, 0.2) is 29.7 Å². The van der Waals surface area contributed by atoms with Crippen LogP contribution in [0.3, 0.4) is 0 Å². The van der Waals surface area contributed by atoms with Crippen molar-refractivity contribution in [2.24, 2.45) is 0 Å². The molecule has 2 rings (SSSR count). The maximum atomic E-state index is 13.4. The largest absolute Gasteiger partial charge is 0.323 e. The minimum Gasteiger partial charge on any atom is -0.323 e. The van der Waals surface area contributed by atoms with E-state index in [4.69, 9.17) is 11.6 Å². The van der Waals surface area contributed by atoms with E-state index in [1.54, 1.807) is 0 Å². The van der Waals surface area contributed by atoms with Crippen LogP contribution in [0.4, 0.5) is 10.1 Å². The second-order valence-corrected chi connectivity index (χ2v) is 4.65. The normalized spacial score (nSPS) is 10.3. The molecule has 94 valence electrons. The van der Waals surface area contributed by atoms with Crippen molar-refractivity contribution in [3.8, 4) is 0 Å². The number of benzene rings is 1.